The van der Waals surface area contributed by atoms with Crippen LogP contribution in [0.2, 0.25) is 10.0 Å². The molecule has 0 unspecified atom stereocenters. The number of rotatable bonds is 1. The molecule has 1 aromatic carbocycles. The van der Waals surface area contributed by atoms with Crippen LogP contribution in [-0.4, -0.2) is 9.78 Å². The van der Waals surface area contributed by atoms with E-state index in [1.165, 1.54) is 0 Å². The third-order valence-corrected chi connectivity index (χ3v) is 3.23. The fraction of sp³-hybridized carbons (Fsp3) is 0.182. The van der Waals surface area contributed by atoms with E-state index in [4.69, 9.17) is 28.9 Å². The summed E-state index contributed by atoms with van der Waals surface area (Å²) in [5.74, 6) is 0. The smallest absolute Gasteiger partial charge is 0.0830 e. The van der Waals surface area contributed by atoms with Crippen molar-refractivity contribution in [3.63, 3.8) is 0 Å². The van der Waals surface area contributed by atoms with Gasteiger partial charge in [0.2, 0.25) is 0 Å². The van der Waals surface area contributed by atoms with Crippen LogP contribution in [0, 0.1) is 13.8 Å². The van der Waals surface area contributed by atoms with E-state index in [2.05, 4.69) is 5.10 Å². The van der Waals surface area contributed by atoms with Gasteiger partial charge in [-0.1, -0.05) is 23.2 Å². The fourth-order valence-electron chi connectivity index (χ4n) is 1.52. The normalized spacial score (nSPS) is 10.8. The maximum absolute atomic E-state index is 5.96. The maximum atomic E-state index is 5.96. The summed E-state index contributed by atoms with van der Waals surface area (Å²) >= 11 is 11.8. The van der Waals surface area contributed by atoms with Crippen LogP contribution in [0.4, 0.5) is 5.69 Å². The van der Waals surface area contributed by atoms with Gasteiger partial charge in [-0.2, -0.15) is 5.10 Å². The number of nitrogens with two attached hydrogens (primary N) is 1. The van der Waals surface area contributed by atoms with E-state index in [0.717, 1.165) is 17.1 Å². The van der Waals surface area contributed by atoms with E-state index in [1.807, 2.05) is 19.9 Å². The van der Waals surface area contributed by atoms with Crippen LogP contribution >= 0.6 is 23.2 Å². The lowest BCUT2D eigenvalue weighted by atomic mass is 10.3. The topological polar surface area (TPSA) is 43.8 Å². The Kier molecular flexibility index (Phi) is 2.82. The number of nitrogen functional groups attached to an aromatic ring is 1. The van der Waals surface area contributed by atoms with Crippen molar-refractivity contribution in [2.75, 3.05) is 5.73 Å². The monoisotopic (exact) mass is 255 g/mol. The Morgan fingerprint density at radius 1 is 1.19 bits per heavy atom. The molecule has 0 aliphatic rings. The number of aromatic nitrogens is 2. The predicted molar refractivity (Wildman–Crippen MR) is 67.5 cm³/mol. The van der Waals surface area contributed by atoms with Gasteiger partial charge in [0.25, 0.3) is 0 Å². The molecule has 1 heterocycles. The summed E-state index contributed by atoms with van der Waals surface area (Å²) in [6.07, 6.45) is 0. The number of hydrogen-bond donors (Lipinski definition) is 1. The molecule has 0 bridgehead atoms. The molecule has 0 radical (unpaired) electrons. The fourth-order valence-corrected chi connectivity index (χ4v) is 1.82. The molecule has 2 N–H and O–H groups in total. The van der Waals surface area contributed by atoms with E-state index in [1.54, 1.807) is 16.8 Å². The Bertz CT molecular complexity index is 546. The molecule has 2 aromatic rings. The highest BCUT2D eigenvalue weighted by Crippen LogP contribution is 2.26. The summed E-state index contributed by atoms with van der Waals surface area (Å²) in [6, 6.07) is 5.36. The second kappa shape index (κ2) is 4.00. The molecule has 0 fully saturated rings. The highest BCUT2D eigenvalue weighted by Gasteiger charge is 2.10. The predicted octanol–water partition coefficient (Wildman–Crippen LogP) is 3.38. The van der Waals surface area contributed by atoms with Crippen LogP contribution in [0.3, 0.4) is 0 Å². The third kappa shape index (κ3) is 1.77. The van der Waals surface area contributed by atoms with Gasteiger partial charge in [-0.25, -0.2) is 4.68 Å². The molecule has 0 saturated carbocycles. The third-order valence-electron chi connectivity index (χ3n) is 2.50. The molecule has 3 nitrogen and oxygen atoms in total. The van der Waals surface area contributed by atoms with Gasteiger partial charge in [0, 0.05) is 0 Å². The van der Waals surface area contributed by atoms with E-state index in [-0.39, 0.29) is 0 Å². The Morgan fingerprint density at radius 3 is 2.38 bits per heavy atom. The van der Waals surface area contributed by atoms with Gasteiger partial charge in [-0.3, -0.25) is 0 Å². The highest BCUT2D eigenvalue weighted by molar-refractivity contribution is 6.42. The molecule has 16 heavy (non-hydrogen) atoms. The molecular formula is C11H11Cl2N3. The molecule has 2 rings (SSSR count). The van der Waals surface area contributed by atoms with Gasteiger partial charge in [-0.05, 0) is 32.0 Å². The van der Waals surface area contributed by atoms with E-state index in [0.29, 0.717) is 15.7 Å². The van der Waals surface area contributed by atoms with Crippen molar-refractivity contribution in [1.82, 2.24) is 9.78 Å². The van der Waals surface area contributed by atoms with Crippen molar-refractivity contribution >= 4 is 28.9 Å². The summed E-state index contributed by atoms with van der Waals surface area (Å²) < 4.78 is 1.76. The largest absolute Gasteiger partial charge is 0.396 e. The van der Waals surface area contributed by atoms with Crippen LogP contribution in [0.1, 0.15) is 11.4 Å². The molecule has 0 saturated heterocycles. The second-order valence-corrected chi connectivity index (χ2v) is 4.41. The number of anilines is 1. The average Bonchev–Trinajstić information content (AvgIpc) is 2.50. The first kappa shape index (κ1) is 11.3. The van der Waals surface area contributed by atoms with Crippen LogP contribution in [0.5, 0.6) is 0 Å². The van der Waals surface area contributed by atoms with Crippen LogP contribution in [0.15, 0.2) is 18.2 Å². The minimum Gasteiger partial charge on any atom is -0.396 e. The molecule has 1 aromatic heterocycles. The Balaban J connectivity index is 2.59. The van der Waals surface area contributed by atoms with Crippen molar-refractivity contribution < 1.29 is 0 Å². The summed E-state index contributed by atoms with van der Waals surface area (Å²) in [4.78, 5) is 0. The van der Waals surface area contributed by atoms with Crippen molar-refractivity contribution in [1.29, 1.82) is 0 Å². The van der Waals surface area contributed by atoms with Crippen LogP contribution in [0.25, 0.3) is 5.69 Å². The van der Waals surface area contributed by atoms with E-state index < -0.39 is 0 Å². The average molecular weight is 256 g/mol. The first-order valence-electron chi connectivity index (χ1n) is 4.78. The van der Waals surface area contributed by atoms with Crippen LogP contribution < -0.4 is 5.73 Å². The SMILES string of the molecule is Cc1nn(-c2ccc(Cl)c(Cl)c2)c(C)c1N. The number of nitrogens with zero attached hydrogens (tertiary/aromatic N) is 2. The summed E-state index contributed by atoms with van der Waals surface area (Å²) in [7, 11) is 0. The van der Waals surface area contributed by atoms with Crippen molar-refractivity contribution in [3.8, 4) is 5.69 Å². The Hall–Kier alpha value is -1.19. The lowest BCUT2D eigenvalue weighted by Crippen LogP contribution is -1.99. The summed E-state index contributed by atoms with van der Waals surface area (Å²) in [5.41, 5.74) is 9.13. The number of halogens is 2. The molecule has 84 valence electrons. The zero-order valence-electron chi connectivity index (χ0n) is 8.96. The lowest BCUT2D eigenvalue weighted by Gasteiger charge is -2.05. The second-order valence-electron chi connectivity index (χ2n) is 3.59. The van der Waals surface area contributed by atoms with Crippen molar-refractivity contribution in [2.45, 2.75) is 13.8 Å². The Labute approximate surface area is 104 Å². The zero-order chi connectivity index (χ0) is 11.9. The number of aryl methyl sites for hydroxylation is 1. The van der Waals surface area contributed by atoms with Gasteiger partial charge in [-0.15, -0.1) is 0 Å². The summed E-state index contributed by atoms with van der Waals surface area (Å²) in [5, 5.41) is 5.37. The van der Waals surface area contributed by atoms with Gasteiger partial charge < -0.3 is 5.73 Å². The minimum absolute atomic E-state index is 0.505. The first-order chi connectivity index (χ1) is 7.50. The van der Waals surface area contributed by atoms with Gasteiger partial charge in [0.1, 0.15) is 0 Å². The maximum Gasteiger partial charge on any atom is 0.0830 e. The molecule has 0 aliphatic carbocycles. The first-order valence-corrected chi connectivity index (χ1v) is 5.53. The molecule has 0 amide bonds. The van der Waals surface area contributed by atoms with Gasteiger partial charge >= 0.3 is 0 Å². The van der Waals surface area contributed by atoms with Crippen LogP contribution in [-0.2, 0) is 0 Å². The summed E-state index contributed by atoms with van der Waals surface area (Å²) in [6.45, 7) is 3.79. The molecule has 0 spiro atoms. The lowest BCUT2D eigenvalue weighted by molar-refractivity contribution is 0.834. The van der Waals surface area contributed by atoms with E-state index >= 15 is 0 Å². The molecule has 0 aliphatic heterocycles. The van der Waals surface area contributed by atoms with Gasteiger partial charge in [0.15, 0.2) is 0 Å². The number of hydrogen-bond acceptors (Lipinski definition) is 2. The minimum atomic E-state index is 0.505. The van der Waals surface area contributed by atoms with Crippen molar-refractivity contribution in [3.05, 3.63) is 39.6 Å². The molecular weight excluding hydrogens is 245 g/mol. The van der Waals surface area contributed by atoms with E-state index in [9.17, 15) is 0 Å². The van der Waals surface area contributed by atoms with Crippen molar-refractivity contribution in [2.24, 2.45) is 0 Å². The highest BCUT2D eigenvalue weighted by atomic mass is 35.5. The Morgan fingerprint density at radius 2 is 1.88 bits per heavy atom. The standard InChI is InChI=1S/C11H11Cl2N3/c1-6-11(14)7(2)16(15-6)8-3-4-9(12)10(13)5-8/h3-5H,14H2,1-2H3. The molecule has 5 heteroatoms. The molecule has 0 atom stereocenters. The van der Waals surface area contributed by atoms with Gasteiger partial charge in [0.05, 0.1) is 32.8 Å². The number of benzene rings is 1. The quantitative estimate of drug-likeness (QED) is 0.849. The zero-order valence-corrected chi connectivity index (χ0v) is 10.5.